The topological polar surface area (TPSA) is 59.4 Å². The summed E-state index contributed by atoms with van der Waals surface area (Å²) in [7, 11) is 0. The van der Waals surface area contributed by atoms with Gasteiger partial charge in [-0.15, -0.1) is 0 Å². The van der Waals surface area contributed by atoms with Gasteiger partial charge in [0.05, 0.1) is 34.3 Å². The molecule has 0 saturated carbocycles. The van der Waals surface area contributed by atoms with Gasteiger partial charge < -0.3 is 14.6 Å². The lowest BCUT2D eigenvalue weighted by atomic mass is 10.1. The van der Waals surface area contributed by atoms with Crippen LogP contribution in [-0.4, -0.2) is 59.8 Å². The fourth-order valence-electron chi connectivity index (χ4n) is 3.98. The van der Waals surface area contributed by atoms with E-state index in [2.05, 4.69) is 10.2 Å². The Kier molecular flexibility index (Phi) is 8.05. The monoisotopic (exact) mass is 528 g/mol. The zero-order chi connectivity index (χ0) is 23.5. The number of hydrogen-bond donors (Lipinski definition) is 1. The van der Waals surface area contributed by atoms with Gasteiger partial charge in [-0.3, -0.25) is 9.69 Å². The Bertz CT molecular complexity index is 1140. The molecule has 0 radical (unpaired) electrons. The molecule has 1 unspecified atom stereocenters. The van der Waals surface area contributed by atoms with Crippen LogP contribution in [0, 0.1) is 0 Å². The summed E-state index contributed by atoms with van der Waals surface area (Å²) in [4.78, 5) is 20.1. The number of benzene rings is 2. The van der Waals surface area contributed by atoms with E-state index < -0.39 is 6.04 Å². The minimum Gasteiger partial charge on any atom is -0.379 e. The number of nitrogens with one attached hydrogen (secondary N) is 1. The van der Waals surface area contributed by atoms with E-state index >= 15 is 0 Å². The quantitative estimate of drug-likeness (QED) is 0.454. The molecule has 0 bridgehead atoms. The lowest BCUT2D eigenvalue weighted by molar-refractivity contribution is -0.123. The summed E-state index contributed by atoms with van der Waals surface area (Å²) in [5.74, 6) is 0.536. The molecule has 1 amide bonds. The van der Waals surface area contributed by atoms with Crippen molar-refractivity contribution in [3.05, 3.63) is 61.8 Å². The van der Waals surface area contributed by atoms with Crippen molar-refractivity contribution < 1.29 is 9.53 Å². The average molecular weight is 530 g/mol. The number of hydrogen-bond acceptors (Lipinski definition) is 4. The molecule has 33 heavy (non-hydrogen) atoms. The highest BCUT2D eigenvalue weighted by Crippen LogP contribution is 2.33. The molecule has 2 heterocycles. The largest absolute Gasteiger partial charge is 0.379 e. The van der Waals surface area contributed by atoms with Gasteiger partial charge in [0, 0.05) is 42.6 Å². The van der Waals surface area contributed by atoms with E-state index in [0.29, 0.717) is 44.4 Å². The number of carbonyl (C=O) groups excluding carboxylic acids is 1. The molecule has 10 heteroatoms. The average Bonchev–Trinajstić information content (AvgIpc) is 3.13. The zero-order valence-electron chi connectivity index (χ0n) is 18.1. The van der Waals surface area contributed by atoms with E-state index in [1.165, 1.54) is 0 Å². The maximum Gasteiger partial charge on any atom is 0.242 e. The molecular weight excluding hydrogens is 506 g/mol. The predicted molar refractivity (Wildman–Crippen MR) is 134 cm³/mol. The lowest BCUT2D eigenvalue weighted by Crippen LogP contribution is -2.42. The van der Waals surface area contributed by atoms with Crippen LogP contribution >= 0.6 is 46.4 Å². The van der Waals surface area contributed by atoms with E-state index in [1.807, 2.05) is 11.5 Å². The van der Waals surface area contributed by atoms with Crippen LogP contribution in [0.4, 0.5) is 0 Å². The third kappa shape index (κ3) is 5.59. The zero-order valence-corrected chi connectivity index (χ0v) is 21.1. The second kappa shape index (κ2) is 10.8. The Balaban J connectivity index is 1.61. The summed E-state index contributed by atoms with van der Waals surface area (Å²) in [6.45, 7) is 6.36. The predicted octanol–water partition coefficient (Wildman–Crippen LogP) is 5.25. The molecule has 3 aromatic rings. The van der Waals surface area contributed by atoms with Crippen LogP contribution in [0.5, 0.6) is 0 Å². The van der Waals surface area contributed by atoms with Gasteiger partial charge in [-0.05, 0) is 36.8 Å². The number of halogens is 4. The molecule has 4 rings (SSSR count). The molecule has 0 spiro atoms. The van der Waals surface area contributed by atoms with Crippen LogP contribution in [0.1, 0.15) is 24.4 Å². The van der Waals surface area contributed by atoms with Gasteiger partial charge in [0.15, 0.2) is 0 Å². The highest BCUT2D eigenvalue weighted by Gasteiger charge is 2.24. The number of rotatable bonds is 7. The van der Waals surface area contributed by atoms with Gasteiger partial charge in [0.25, 0.3) is 0 Å². The first-order valence-electron chi connectivity index (χ1n) is 10.7. The molecule has 6 nitrogen and oxygen atoms in total. The van der Waals surface area contributed by atoms with Crippen LogP contribution in [0.15, 0.2) is 30.3 Å². The number of carbonyl (C=O) groups is 1. The van der Waals surface area contributed by atoms with E-state index in [-0.39, 0.29) is 5.91 Å². The summed E-state index contributed by atoms with van der Waals surface area (Å²) < 4.78 is 7.25. The molecule has 1 atom stereocenters. The molecule has 2 aromatic carbocycles. The molecule has 176 valence electrons. The number of aromatic nitrogens is 2. The first-order chi connectivity index (χ1) is 15.8. The van der Waals surface area contributed by atoms with E-state index in [9.17, 15) is 4.79 Å². The van der Waals surface area contributed by atoms with Crippen LogP contribution in [0.25, 0.3) is 11.0 Å². The minimum absolute atomic E-state index is 0.111. The minimum atomic E-state index is -0.534. The highest BCUT2D eigenvalue weighted by atomic mass is 35.5. The highest BCUT2D eigenvalue weighted by molar-refractivity contribution is 6.42. The Hall–Kier alpha value is -1.54. The Labute approximate surface area is 212 Å². The smallest absolute Gasteiger partial charge is 0.242 e. The number of imidazole rings is 1. The van der Waals surface area contributed by atoms with Crippen molar-refractivity contribution in [1.29, 1.82) is 0 Å². The first-order valence-corrected chi connectivity index (χ1v) is 12.2. The maximum atomic E-state index is 13.1. The van der Waals surface area contributed by atoms with Crippen molar-refractivity contribution in [2.24, 2.45) is 0 Å². The third-order valence-corrected chi connectivity index (χ3v) is 7.23. The molecule has 1 N–H and O–H groups in total. The van der Waals surface area contributed by atoms with Gasteiger partial charge >= 0.3 is 0 Å². The Morgan fingerprint density at radius 2 is 1.76 bits per heavy atom. The van der Waals surface area contributed by atoms with Crippen LogP contribution in [0.3, 0.4) is 0 Å². The van der Waals surface area contributed by atoms with Crippen molar-refractivity contribution in [2.45, 2.75) is 19.4 Å². The summed E-state index contributed by atoms with van der Waals surface area (Å²) in [6, 6.07) is 8.27. The fraction of sp³-hybridized carbons (Fsp3) is 0.391. The Morgan fingerprint density at radius 3 is 2.45 bits per heavy atom. The third-order valence-electron chi connectivity index (χ3n) is 5.80. The van der Waals surface area contributed by atoms with Crippen LogP contribution in [-0.2, 0) is 16.0 Å². The van der Waals surface area contributed by atoms with Gasteiger partial charge in [-0.1, -0.05) is 52.5 Å². The van der Waals surface area contributed by atoms with Gasteiger partial charge in [0.2, 0.25) is 5.91 Å². The van der Waals surface area contributed by atoms with Gasteiger partial charge in [-0.25, -0.2) is 4.98 Å². The van der Waals surface area contributed by atoms with Gasteiger partial charge in [0.1, 0.15) is 11.9 Å². The summed E-state index contributed by atoms with van der Waals surface area (Å²) in [5.41, 5.74) is 2.11. The molecular formula is C23H24Cl4N4O2. The van der Waals surface area contributed by atoms with Crippen molar-refractivity contribution in [3.8, 4) is 0 Å². The molecule has 1 fully saturated rings. The number of fused-ring (bicyclic) bond motifs is 1. The van der Waals surface area contributed by atoms with Crippen LogP contribution in [0.2, 0.25) is 20.1 Å². The molecule has 0 aliphatic carbocycles. The summed E-state index contributed by atoms with van der Waals surface area (Å²) in [6.07, 6.45) is 0.355. The normalized spacial score (nSPS) is 15.7. The van der Waals surface area contributed by atoms with Gasteiger partial charge in [-0.2, -0.15) is 0 Å². The number of nitrogens with zero attached hydrogens (tertiary/aromatic N) is 3. The van der Waals surface area contributed by atoms with Crippen molar-refractivity contribution in [2.75, 3.05) is 39.4 Å². The SMILES string of the molecule is CC(C(=O)NCCN1CCOCC1)n1c(Cc2c(Cl)cccc2Cl)nc2cc(Cl)c(Cl)cc21. The Morgan fingerprint density at radius 1 is 1.09 bits per heavy atom. The van der Waals surface area contributed by atoms with Crippen molar-refractivity contribution in [3.63, 3.8) is 0 Å². The fourth-order valence-corrected chi connectivity index (χ4v) is 4.83. The second-order valence-electron chi connectivity index (χ2n) is 7.95. The summed E-state index contributed by atoms with van der Waals surface area (Å²) in [5, 5.41) is 4.92. The first kappa shape index (κ1) is 24.6. The molecule has 1 saturated heterocycles. The summed E-state index contributed by atoms with van der Waals surface area (Å²) >= 11 is 25.3. The molecule has 1 aliphatic rings. The molecule has 1 aliphatic heterocycles. The van der Waals surface area contributed by atoms with E-state index in [1.54, 1.807) is 30.3 Å². The standard InChI is InChI=1S/C23H24Cl4N4O2/c1-14(23(32)28-5-6-30-7-9-33-10-8-30)31-21-13-19(27)18(26)12-20(21)29-22(31)11-15-16(24)3-2-4-17(15)25/h2-4,12-14H,5-11H2,1H3,(H,28,32). The lowest BCUT2D eigenvalue weighted by Gasteiger charge is -2.27. The molecule has 1 aromatic heterocycles. The van der Waals surface area contributed by atoms with Crippen LogP contribution < -0.4 is 5.32 Å². The number of amides is 1. The van der Waals surface area contributed by atoms with E-state index in [4.69, 9.17) is 56.1 Å². The maximum absolute atomic E-state index is 13.1. The van der Waals surface area contributed by atoms with E-state index in [0.717, 1.165) is 43.9 Å². The van der Waals surface area contributed by atoms with Crippen molar-refractivity contribution >= 4 is 63.3 Å². The second-order valence-corrected chi connectivity index (χ2v) is 9.58. The number of ether oxygens (including phenoxy) is 1. The number of morpholine rings is 1. The van der Waals surface area contributed by atoms with Crippen molar-refractivity contribution in [1.82, 2.24) is 19.8 Å².